The van der Waals surface area contributed by atoms with Crippen LogP contribution in [0.4, 0.5) is 10.5 Å². The van der Waals surface area contributed by atoms with E-state index in [0.717, 1.165) is 10.5 Å². The minimum atomic E-state index is -0.962. The van der Waals surface area contributed by atoms with Crippen LogP contribution in [0, 0.1) is 6.92 Å². The van der Waals surface area contributed by atoms with E-state index in [0.29, 0.717) is 12.2 Å². The third kappa shape index (κ3) is 2.79. The standard InChI is InChI=1S/C12H15NO2S/c1-4-7-13(12(14)15)10-5-6-11(16-3)9(2)8-10/h4-6,8H,1,7H2,2-3H3,(H,14,15). The molecular formula is C12H15NO2S. The first-order chi connectivity index (χ1) is 7.60. The summed E-state index contributed by atoms with van der Waals surface area (Å²) in [5, 5.41) is 9.05. The number of thioether (sulfide) groups is 1. The van der Waals surface area contributed by atoms with Crippen molar-refractivity contribution < 1.29 is 9.90 Å². The summed E-state index contributed by atoms with van der Waals surface area (Å²) in [6, 6.07) is 5.63. The number of hydrogen-bond acceptors (Lipinski definition) is 2. The zero-order chi connectivity index (χ0) is 12.1. The van der Waals surface area contributed by atoms with E-state index in [9.17, 15) is 4.79 Å². The van der Waals surface area contributed by atoms with Gasteiger partial charge < -0.3 is 5.11 Å². The van der Waals surface area contributed by atoms with Crippen molar-refractivity contribution in [1.82, 2.24) is 0 Å². The molecule has 0 aliphatic rings. The fourth-order valence-electron chi connectivity index (χ4n) is 1.45. The Morgan fingerprint density at radius 1 is 1.62 bits per heavy atom. The van der Waals surface area contributed by atoms with Crippen LogP contribution < -0.4 is 4.90 Å². The number of carboxylic acid groups (broad SMARTS) is 1. The van der Waals surface area contributed by atoms with Gasteiger partial charge in [0.2, 0.25) is 0 Å². The first-order valence-electron chi connectivity index (χ1n) is 4.86. The fourth-order valence-corrected chi connectivity index (χ4v) is 2.04. The van der Waals surface area contributed by atoms with Gasteiger partial charge in [0.05, 0.1) is 0 Å². The molecule has 0 aliphatic heterocycles. The van der Waals surface area contributed by atoms with E-state index in [4.69, 9.17) is 5.11 Å². The van der Waals surface area contributed by atoms with Gasteiger partial charge >= 0.3 is 6.09 Å². The van der Waals surface area contributed by atoms with Crippen molar-refractivity contribution in [2.24, 2.45) is 0 Å². The average Bonchev–Trinajstić information content (AvgIpc) is 2.25. The molecular weight excluding hydrogens is 222 g/mol. The second kappa shape index (κ2) is 5.61. The van der Waals surface area contributed by atoms with Gasteiger partial charge in [-0.25, -0.2) is 4.79 Å². The van der Waals surface area contributed by atoms with Gasteiger partial charge in [0.25, 0.3) is 0 Å². The highest BCUT2D eigenvalue weighted by Gasteiger charge is 2.13. The summed E-state index contributed by atoms with van der Waals surface area (Å²) in [6.45, 7) is 5.83. The second-order valence-corrected chi connectivity index (χ2v) is 4.18. The van der Waals surface area contributed by atoms with Crippen LogP contribution in [-0.2, 0) is 0 Å². The van der Waals surface area contributed by atoms with E-state index >= 15 is 0 Å². The average molecular weight is 237 g/mol. The molecule has 0 aromatic heterocycles. The minimum Gasteiger partial charge on any atom is -0.465 e. The third-order valence-electron chi connectivity index (χ3n) is 2.23. The van der Waals surface area contributed by atoms with Crippen molar-refractivity contribution in [3.8, 4) is 0 Å². The maximum absolute atomic E-state index is 11.0. The lowest BCUT2D eigenvalue weighted by molar-refractivity contribution is 0.202. The van der Waals surface area contributed by atoms with Crippen LogP contribution in [-0.4, -0.2) is 24.0 Å². The maximum Gasteiger partial charge on any atom is 0.412 e. The number of hydrogen-bond donors (Lipinski definition) is 1. The summed E-state index contributed by atoms with van der Waals surface area (Å²) >= 11 is 1.65. The van der Waals surface area contributed by atoms with Crippen molar-refractivity contribution in [3.63, 3.8) is 0 Å². The van der Waals surface area contributed by atoms with Gasteiger partial charge in [0, 0.05) is 17.1 Å². The summed E-state index contributed by atoms with van der Waals surface area (Å²) in [4.78, 5) is 13.5. The molecule has 0 saturated heterocycles. The lowest BCUT2D eigenvalue weighted by Gasteiger charge is -2.18. The Morgan fingerprint density at radius 2 is 2.31 bits per heavy atom. The molecule has 3 nitrogen and oxygen atoms in total. The minimum absolute atomic E-state index is 0.299. The Bertz CT molecular complexity index is 404. The zero-order valence-corrected chi connectivity index (χ0v) is 10.3. The highest BCUT2D eigenvalue weighted by molar-refractivity contribution is 7.98. The molecule has 0 saturated carbocycles. The molecule has 86 valence electrons. The summed E-state index contributed by atoms with van der Waals surface area (Å²) in [6.07, 6.45) is 2.61. The molecule has 4 heteroatoms. The smallest absolute Gasteiger partial charge is 0.412 e. The number of carbonyl (C=O) groups is 1. The molecule has 16 heavy (non-hydrogen) atoms. The quantitative estimate of drug-likeness (QED) is 0.644. The lowest BCUT2D eigenvalue weighted by atomic mass is 10.2. The monoisotopic (exact) mass is 237 g/mol. The van der Waals surface area contributed by atoms with Gasteiger partial charge in [0.1, 0.15) is 0 Å². The van der Waals surface area contributed by atoms with Crippen molar-refractivity contribution in [2.45, 2.75) is 11.8 Å². The normalized spacial score (nSPS) is 9.88. The summed E-state index contributed by atoms with van der Waals surface area (Å²) < 4.78 is 0. The molecule has 0 heterocycles. The molecule has 0 spiro atoms. The van der Waals surface area contributed by atoms with Crippen LogP contribution in [0.15, 0.2) is 35.7 Å². The van der Waals surface area contributed by atoms with Gasteiger partial charge in [-0.15, -0.1) is 18.3 Å². The first kappa shape index (κ1) is 12.6. The molecule has 0 fully saturated rings. The van der Waals surface area contributed by atoms with Gasteiger partial charge in [-0.1, -0.05) is 6.08 Å². The van der Waals surface area contributed by atoms with Crippen LogP contribution >= 0.6 is 11.8 Å². The number of benzene rings is 1. The largest absolute Gasteiger partial charge is 0.465 e. The Labute approximate surface area is 99.8 Å². The number of amides is 1. The number of aryl methyl sites for hydroxylation is 1. The Morgan fingerprint density at radius 3 is 2.75 bits per heavy atom. The first-order valence-corrected chi connectivity index (χ1v) is 6.08. The van der Waals surface area contributed by atoms with Crippen molar-refractivity contribution in [3.05, 3.63) is 36.4 Å². The van der Waals surface area contributed by atoms with Crippen LogP contribution in [0.3, 0.4) is 0 Å². The van der Waals surface area contributed by atoms with Gasteiger partial charge in [0.15, 0.2) is 0 Å². The zero-order valence-electron chi connectivity index (χ0n) is 9.43. The fraction of sp³-hybridized carbons (Fsp3) is 0.250. The summed E-state index contributed by atoms with van der Waals surface area (Å²) in [5.41, 5.74) is 1.77. The SMILES string of the molecule is C=CCN(C(=O)O)c1ccc(SC)c(C)c1. The van der Waals surface area contributed by atoms with Gasteiger partial charge in [-0.2, -0.15) is 0 Å². The Kier molecular flexibility index (Phi) is 4.43. The topological polar surface area (TPSA) is 40.5 Å². The van der Waals surface area contributed by atoms with Crippen molar-refractivity contribution >= 4 is 23.5 Å². The molecule has 1 N–H and O–H groups in total. The highest BCUT2D eigenvalue weighted by Crippen LogP contribution is 2.25. The van der Waals surface area contributed by atoms with E-state index in [1.165, 1.54) is 4.90 Å². The predicted molar refractivity (Wildman–Crippen MR) is 68.5 cm³/mol. The second-order valence-electron chi connectivity index (χ2n) is 3.34. The van der Waals surface area contributed by atoms with Crippen LogP contribution in [0.2, 0.25) is 0 Å². The maximum atomic E-state index is 11.0. The predicted octanol–water partition coefficient (Wildman–Crippen LogP) is 3.39. The van der Waals surface area contributed by atoms with E-state index in [1.807, 2.05) is 31.4 Å². The molecule has 1 amide bonds. The number of nitrogens with zero attached hydrogens (tertiary/aromatic N) is 1. The molecule has 1 rings (SSSR count). The van der Waals surface area contributed by atoms with E-state index in [1.54, 1.807) is 17.8 Å². The number of anilines is 1. The van der Waals surface area contributed by atoms with E-state index in [2.05, 4.69) is 6.58 Å². The van der Waals surface area contributed by atoms with Crippen molar-refractivity contribution in [1.29, 1.82) is 0 Å². The Hall–Kier alpha value is -1.42. The van der Waals surface area contributed by atoms with Gasteiger partial charge in [-0.05, 0) is 36.9 Å². The molecule has 0 atom stereocenters. The molecule has 0 radical (unpaired) electrons. The summed E-state index contributed by atoms with van der Waals surface area (Å²) in [7, 11) is 0. The van der Waals surface area contributed by atoms with Gasteiger partial charge in [-0.3, -0.25) is 4.90 Å². The highest BCUT2D eigenvalue weighted by atomic mass is 32.2. The van der Waals surface area contributed by atoms with Crippen LogP contribution in [0.25, 0.3) is 0 Å². The van der Waals surface area contributed by atoms with Crippen molar-refractivity contribution in [2.75, 3.05) is 17.7 Å². The molecule has 0 aliphatic carbocycles. The van der Waals surface area contributed by atoms with E-state index in [-0.39, 0.29) is 0 Å². The molecule has 1 aromatic carbocycles. The summed E-state index contributed by atoms with van der Waals surface area (Å²) in [5.74, 6) is 0. The van der Waals surface area contributed by atoms with Crippen LogP contribution in [0.1, 0.15) is 5.56 Å². The molecule has 0 unspecified atom stereocenters. The lowest BCUT2D eigenvalue weighted by Crippen LogP contribution is -2.29. The third-order valence-corrected chi connectivity index (χ3v) is 3.13. The number of rotatable bonds is 4. The van der Waals surface area contributed by atoms with E-state index < -0.39 is 6.09 Å². The molecule has 0 bridgehead atoms. The Balaban J connectivity index is 3.06. The van der Waals surface area contributed by atoms with Crippen LogP contribution in [0.5, 0.6) is 0 Å². The molecule has 1 aromatic rings.